The topological polar surface area (TPSA) is 55.4 Å². The first-order valence-corrected chi connectivity index (χ1v) is 11.6. The molecule has 2 aromatic rings. The lowest BCUT2D eigenvalue weighted by atomic mass is 9.71. The fraction of sp³-hybridized carbons (Fsp3) is 0.280. The second-order valence-electron chi connectivity index (χ2n) is 7.93. The van der Waals surface area contributed by atoms with Gasteiger partial charge in [0.25, 0.3) is 0 Å². The maximum absolute atomic E-state index is 13.5. The zero-order chi connectivity index (χ0) is 23.0. The first-order valence-electron chi connectivity index (χ1n) is 10.4. The van der Waals surface area contributed by atoms with Crippen LogP contribution in [0.25, 0.3) is 0 Å². The highest BCUT2D eigenvalue weighted by atomic mass is 35.5. The molecule has 1 heterocycles. The van der Waals surface area contributed by atoms with Gasteiger partial charge in [0, 0.05) is 34.3 Å². The Labute approximate surface area is 202 Å². The molecule has 4 rings (SSSR count). The lowest BCUT2D eigenvalue weighted by Gasteiger charge is -2.37. The van der Waals surface area contributed by atoms with Crippen LogP contribution in [0.3, 0.4) is 0 Å². The van der Waals surface area contributed by atoms with Gasteiger partial charge in [-0.3, -0.25) is 4.79 Å². The van der Waals surface area contributed by atoms with Crippen molar-refractivity contribution in [3.63, 3.8) is 0 Å². The zero-order valence-corrected chi connectivity index (χ0v) is 19.9. The number of halogens is 3. The summed E-state index contributed by atoms with van der Waals surface area (Å²) in [6.45, 7) is 3.79. The summed E-state index contributed by atoms with van der Waals surface area (Å²) < 4.78 is 5.33. The number of Topliss-reactive ketones (excluding diaryl/α,β-unsaturated/α-hetero) is 1. The van der Waals surface area contributed by atoms with Gasteiger partial charge in [-0.25, -0.2) is 4.79 Å². The van der Waals surface area contributed by atoms with Crippen molar-refractivity contribution >= 4 is 46.6 Å². The summed E-state index contributed by atoms with van der Waals surface area (Å²) in [4.78, 5) is 26.5. The van der Waals surface area contributed by atoms with E-state index in [0.29, 0.717) is 50.3 Å². The van der Waals surface area contributed by atoms with Gasteiger partial charge in [0.1, 0.15) is 0 Å². The van der Waals surface area contributed by atoms with Crippen LogP contribution < -0.4 is 5.32 Å². The standard InChI is InChI=1S/C25H22Cl3NO3/c1-3-32-25(31)21-13(2)29-19-11-15(14-7-9-16(26)10-8-14)12-20(30)23(19)22(21)17-5-4-6-18(27)24(17)28/h4-10,15,22,29H,3,11-12H2,1-2H3/t15-,22-/m0/s1. The SMILES string of the molecule is CCOC(=O)C1=C(C)NC2=C(C(=O)C[C@@H](c3ccc(Cl)cc3)C2)[C@H]1c1cccc(Cl)c1Cl. The molecule has 2 aromatic carbocycles. The molecule has 0 aromatic heterocycles. The summed E-state index contributed by atoms with van der Waals surface area (Å²) in [6.07, 6.45) is 0.955. The molecule has 2 aliphatic rings. The highest BCUT2D eigenvalue weighted by Crippen LogP contribution is 2.48. The van der Waals surface area contributed by atoms with Gasteiger partial charge < -0.3 is 10.1 Å². The molecule has 0 saturated heterocycles. The number of dihydropyridines is 1. The number of ether oxygens (including phenoxy) is 1. The zero-order valence-electron chi connectivity index (χ0n) is 17.7. The Morgan fingerprint density at radius 2 is 1.81 bits per heavy atom. The summed E-state index contributed by atoms with van der Waals surface area (Å²) >= 11 is 18.9. The van der Waals surface area contributed by atoms with Gasteiger partial charge in [-0.05, 0) is 55.5 Å². The van der Waals surface area contributed by atoms with E-state index in [4.69, 9.17) is 39.5 Å². The fourth-order valence-electron chi connectivity index (χ4n) is 4.54. The average Bonchev–Trinajstić information content (AvgIpc) is 2.75. The van der Waals surface area contributed by atoms with Crippen LogP contribution >= 0.6 is 34.8 Å². The molecular weight excluding hydrogens is 469 g/mol. The molecule has 0 unspecified atom stereocenters. The van der Waals surface area contributed by atoms with Crippen LogP contribution in [0.5, 0.6) is 0 Å². The molecule has 0 fully saturated rings. The van der Waals surface area contributed by atoms with Crippen LogP contribution in [-0.2, 0) is 14.3 Å². The predicted molar refractivity (Wildman–Crippen MR) is 127 cm³/mol. The number of hydrogen-bond donors (Lipinski definition) is 1. The van der Waals surface area contributed by atoms with E-state index in [0.717, 1.165) is 11.3 Å². The number of esters is 1. The van der Waals surface area contributed by atoms with Crippen molar-refractivity contribution in [2.45, 2.75) is 38.5 Å². The van der Waals surface area contributed by atoms with Gasteiger partial charge in [0.2, 0.25) is 0 Å². The molecule has 1 aliphatic carbocycles. The number of nitrogens with one attached hydrogen (secondary N) is 1. The lowest BCUT2D eigenvalue weighted by molar-refractivity contribution is -0.138. The van der Waals surface area contributed by atoms with Gasteiger partial charge >= 0.3 is 5.97 Å². The monoisotopic (exact) mass is 489 g/mol. The summed E-state index contributed by atoms with van der Waals surface area (Å²) in [6, 6.07) is 12.8. The predicted octanol–water partition coefficient (Wildman–Crippen LogP) is 6.57. The third-order valence-electron chi connectivity index (χ3n) is 5.96. The van der Waals surface area contributed by atoms with Crippen LogP contribution in [0.2, 0.25) is 15.1 Å². The smallest absolute Gasteiger partial charge is 0.336 e. The molecule has 0 radical (unpaired) electrons. The molecule has 1 N–H and O–H groups in total. The summed E-state index contributed by atoms with van der Waals surface area (Å²) in [5, 5.41) is 4.67. The highest BCUT2D eigenvalue weighted by molar-refractivity contribution is 6.42. The Balaban J connectivity index is 1.83. The molecule has 0 spiro atoms. The first kappa shape index (κ1) is 22.9. The lowest BCUT2D eigenvalue weighted by Crippen LogP contribution is -2.36. The van der Waals surface area contributed by atoms with Crippen molar-refractivity contribution in [1.29, 1.82) is 0 Å². The molecule has 32 heavy (non-hydrogen) atoms. The Bertz CT molecular complexity index is 1150. The van der Waals surface area contributed by atoms with Crippen LogP contribution in [0.1, 0.15) is 49.7 Å². The third-order valence-corrected chi connectivity index (χ3v) is 7.04. The molecule has 7 heteroatoms. The number of hydrogen-bond acceptors (Lipinski definition) is 4. The van der Waals surface area contributed by atoms with E-state index in [9.17, 15) is 9.59 Å². The van der Waals surface area contributed by atoms with Crippen LogP contribution in [-0.4, -0.2) is 18.4 Å². The largest absolute Gasteiger partial charge is 0.463 e. The summed E-state index contributed by atoms with van der Waals surface area (Å²) in [7, 11) is 0. The van der Waals surface area contributed by atoms with Crippen molar-refractivity contribution in [1.82, 2.24) is 5.32 Å². The second-order valence-corrected chi connectivity index (χ2v) is 9.15. The van der Waals surface area contributed by atoms with E-state index in [1.165, 1.54) is 0 Å². The van der Waals surface area contributed by atoms with E-state index in [-0.39, 0.29) is 18.3 Å². The first-order chi connectivity index (χ1) is 15.3. The van der Waals surface area contributed by atoms with Crippen molar-refractivity contribution in [3.05, 3.63) is 91.2 Å². The Morgan fingerprint density at radius 1 is 1.09 bits per heavy atom. The highest BCUT2D eigenvalue weighted by Gasteiger charge is 2.42. The molecule has 0 amide bonds. The summed E-state index contributed by atoms with van der Waals surface area (Å²) in [5.74, 6) is -1.14. The van der Waals surface area contributed by atoms with Gasteiger partial charge in [-0.15, -0.1) is 0 Å². The number of carbonyl (C=O) groups excluding carboxylic acids is 2. The van der Waals surface area contributed by atoms with E-state index in [1.54, 1.807) is 25.1 Å². The summed E-state index contributed by atoms with van der Waals surface area (Å²) in [5.41, 5.74) is 4.04. The van der Waals surface area contributed by atoms with Crippen LogP contribution in [0.4, 0.5) is 0 Å². The van der Waals surface area contributed by atoms with Crippen molar-refractivity contribution in [2.75, 3.05) is 6.61 Å². The average molecular weight is 491 g/mol. The molecule has 0 bridgehead atoms. The quantitative estimate of drug-likeness (QED) is 0.492. The van der Waals surface area contributed by atoms with E-state index in [2.05, 4.69) is 5.32 Å². The van der Waals surface area contributed by atoms with Crippen LogP contribution in [0.15, 0.2) is 65.0 Å². The molecule has 4 nitrogen and oxygen atoms in total. The van der Waals surface area contributed by atoms with Gasteiger partial charge in [0.15, 0.2) is 5.78 Å². The Morgan fingerprint density at radius 3 is 2.50 bits per heavy atom. The number of ketones is 1. The molecule has 0 saturated carbocycles. The van der Waals surface area contributed by atoms with E-state index < -0.39 is 11.9 Å². The maximum Gasteiger partial charge on any atom is 0.336 e. The molecule has 166 valence electrons. The van der Waals surface area contributed by atoms with Gasteiger partial charge in [0.05, 0.1) is 22.2 Å². The van der Waals surface area contributed by atoms with Crippen molar-refractivity contribution < 1.29 is 14.3 Å². The van der Waals surface area contributed by atoms with Gasteiger partial charge in [-0.1, -0.05) is 59.1 Å². The molecular formula is C25H22Cl3NO3. The van der Waals surface area contributed by atoms with E-state index in [1.807, 2.05) is 31.2 Å². The van der Waals surface area contributed by atoms with E-state index >= 15 is 0 Å². The normalized spacial score (nSPS) is 20.7. The van der Waals surface area contributed by atoms with Crippen molar-refractivity contribution in [2.24, 2.45) is 0 Å². The number of rotatable bonds is 4. The minimum atomic E-state index is -0.643. The number of benzene rings is 2. The minimum absolute atomic E-state index is 0.0124. The fourth-order valence-corrected chi connectivity index (χ4v) is 5.09. The minimum Gasteiger partial charge on any atom is -0.463 e. The Hall–Kier alpha value is -2.27. The second kappa shape index (κ2) is 9.30. The molecule has 1 aliphatic heterocycles. The van der Waals surface area contributed by atoms with Crippen molar-refractivity contribution in [3.8, 4) is 0 Å². The maximum atomic E-state index is 13.5. The number of allylic oxidation sites excluding steroid dienone is 3. The van der Waals surface area contributed by atoms with Gasteiger partial charge in [-0.2, -0.15) is 0 Å². The number of carbonyl (C=O) groups is 2. The third kappa shape index (κ3) is 4.19. The van der Waals surface area contributed by atoms with Crippen LogP contribution in [0, 0.1) is 0 Å². The Kier molecular flexibility index (Phi) is 6.66. The molecule has 2 atom stereocenters.